The molecule has 2 atom stereocenters. The van der Waals surface area contributed by atoms with Crippen molar-refractivity contribution in [3.8, 4) is 0 Å². The molecule has 11 heteroatoms. The molecule has 236 valence electrons. The van der Waals surface area contributed by atoms with Crippen molar-refractivity contribution >= 4 is 25.2 Å². The summed E-state index contributed by atoms with van der Waals surface area (Å²) in [5.41, 5.74) is 0. The largest absolute Gasteiger partial charge is 0.437 e. The fourth-order valence-electron chi connectivity index (χ4n) is 5.18. The van der Waals surface area contributed by atoms with E-state index in [2.05, 4.69) is 81.1 Å². The van der Waals surface area contributed by atoms with Crippen LogP contribution >= 0.6 is 0 Å². The van der Waals surface area contributed by atoms with Gasteiger partial charge >= 0.3 is 8.56 Å². The number of likely N-dealkylation sites (N-methyl/N-ethyl adjacent to an activating group) is 2. The van der Waals surface area contributed by atoms with E-state index in [0.29, 0.717) is 26.4 Å². The van der Waals surface area contributed by atoms with Crippen LogP contribution in [0.3, 0.4) is 0 Å². The van der Waals surface area contributed by atoms with Crippen LogP contribution < -0.4 is 0 Å². The van der Waals surface area contributed by atoms with E-state index in [9.17, 15) is 10.2 Å². The number of rotatable bonds is 24. The van der Waals surface area contributed by atoms with Crippen LogP contribution in [0, 0.1) is 0 Å². The van der Waals surface area contributed by atoms with E-state index in [1.165, 1.54) is 0 Å². The smallest absolute Gasteiger partial charge is 0.311 e. The van der Waals surface area contributed by atoms with Crippen molar-refractivity contribution in [2.24, 2.45) is 0 Å². The third kappa shape index (κ3) is 18.5. The number of nitrogens with zero attached hydrogens (tertiary/aromatic N) is 2. The van der Waals surface area contributed by atoms with E-state index in [0.717, 1.165) is 73.2 Å². The minimum absolute atomic E-state index is 0.401. The predicted molar refractivity (Wildman–Crippen MR) is 171 cm³/mol. The van der Waals surface area contributed by atoms with Crippen LogP contribution in [0.4, 0.5) is 0 Å². The lowest BCUT2D eigenvalue weighted by Crippen LogP contribution is -2.52. The van der Waals surface area contributed by atoms with Crippen LogP contribution in [0.25, 0.3) is 0 Å². The Morgan fingerprint density at radius 2 is 0.897 bits per heavy atom. The molecule has 2 unspecified atom stereocenters. The Bertz CT molecular complexity index is 595. The van der Waals surface area contributed by atoms with Crippen molar-refractivity contribution in [1.82, 2.24) is 0 Å². The van der Waals surface area contributed by atoms with Gasteiger partial charge in [-0.25, -0.2) is 0 Å². The van der Waals surface area contributed by atoms with Crippen molar-refractivity contribution < 1.29 is 36.9 Å². The summed E-state index contributed by atoms with van der Waals surface area (Å²) in [5.74, 6) is 0. The normalized spacial score (nSPS) is 15.5. The summed E-state index contributed by atoms with van der Waals surface area (Å²) in [6, 6.07) is 2.04. The van der Waals surface area contributed by atoms with Gasteiger partial charge in [-0.2, -0.15) is 0 Å². The summed E-state index contributed by atoms with van der Waals surface area (Å²) in [6.45, 7) is 29.8. The molecule has 0 aliphatic heterocycles. The van der Waals surface area contributed by atoms with Gasteiger partial charge < -0.3 is 36.9 Å². The Balaban J connectivity index is 4.36. The first-order valence-corrected chi connectivity index (χ1v) is 24.5. The van der Waals surface area contributed by atoms with Gasteiger partial charge in [0.15, 0.2) is 16.6 Å². The molecule has 0 saturated carbocycles. The van der Waals surface area contributed by atoms with Crippen molar-refractivity contribution in [1.29, 1.82) is 0 Å². The highest BCUT2D eigenvalue weighted by Gasteiger charge is 2.39. The average molecular weight is 613 g/mol. The van der Waals surface area contributed by atoms with Gasteiger partial charge in [0, 0.05) is 13.2 Å². The van der Waals surface area contributed by atoms with Crippen LogP contribution in [0.1, 0.15) is 40.5 Å². The topological polar surface area (TPSA) is 77.4 Å². The molecule has 0 aliphatic rings. The first-order valence-electron chi connectivity index (χ1n) is 15.4. The number of hydrogen-bond acceptors (Lipinski definition) is 6. The lowest BCUT2D eigenvalue weighted by molar-refractivity contribution is -0.909. The molecule has 39 heavy (non-hydrogen) atoms. The Hall–Kier alpha value is 0.331. The lowest BCUT2D eigenvalue weighted by atomic mass is 10.3. The van der Waals surface area contributed by atoms with Crippen molar-refractivity contribution in [2.45, 2.75) is 104 Å². The van der Waals surface area contributed by atoms with Crippen LogP contribution in [0.5, 0.6) is 0 Å². The molecule has 0 fully saturated rings. The van der Waals surface area contributed by atoms with E-state index >= 15 is 0 Å². The zero-order chi connectivity index (χ0) is 30.4. The third-order valence-corrected chi connectivity index (χ3v) is 19.6. The van der Waals surface area contributed by atoms with Gasteiger partial charge in [0.25, 0.3) is 0 Å². The van der Waals surface area contributed by atoms with E-state index < -0.39 is 37.4 Å². The van der Waals surface area contributed by atoms with Crippen LogP contribution in [-0.4, -0.2) is 136 Å². The summed E-state index contributed by atoms with van der Waals surface area (Å²) >= 11 is 0. The Morgan fingerprint density at radius 3 is 1.18 bits per heavy atom. The Kier molecular flexibility index (Phi) is 18.2. The molecule has 2 N–H and O–H groups in total. The van der Waals surface area contributed by atoms with Gasteiger partial charge in [-0.1, -0.05) is 0 Å². The molecular formula is C28H68N2O6Si3+2. The number of hydrogen-bond donors (Lipinski definition) is 2. The van der Waals surface area contributed by atoms with Crippen molar-refractivity contribution in [2.75, 3.05) is 79.8 Å². The summed E-state index contributed by atoms with van der Waals surface area (Å²) in [7, 11) is -1.67. The molecule has 0 spiro atoms. The Labute approximate surface area is 245 Å². The number of quaternary nitrogens is 2. The van der Waals surface area contributed by atoms with E-state index in [-0.39, 0.29) is 0 Å². The fourth-order valence-corrected chi connectivity index (χ4v) is 19.2. The van der Waals surface area contributed by atoms with Gasteiger partial charge in [0.05, 0.1) is 53.5 Å². The van der Waals surface area contributed by atoms with Crippen molar-refractivity contribution in [3.05, 3.63) is 0 Å². The highest BCUT2D eigenvalue weighted by molar-refractivity contribution is 6.87. The predicted octanol–water partition coefficient (Wildman–Crippen LogP) is 4.64. The quantitative estimate of drug-likeness (QED) is 0.0940. The molecule has 0 rings (SSSR count). The van der Waals surface area contributed by atoms with Crippen LogP contribution in [-0.2, 0) is 17.7 Å². The zero-order valence-electron chi connectivity index (χ0n) is 28.0. The van der Waals surface area contributed by atoms with Gasteiger partial charge in [0.1, 0.15) is 25.3 Å². The monoisotopic (exact) mass is 612 g/mol. The van der Waals surface area contributed by atoms with Gasteiger partial charge in [0.2, 0.25) is 0 Å². The lowest BCUT2D eigenvalue weighted by Gasteiger charge is -2.38. The molecule has 0 amide bonds. The fraction of sp³-hybridized carbons (Fsp3) is 1.00. The summed E-state index contributed by atoms with van der Waals surface area (Å²) in [6.07, 6.45) is 1.05. The Morgan fingerprint density at radius 1 is 0.590 bits per heavy atom. The molecular weight excluding hydrogens is 545 g/mol. The number of aliphatic hydroxyl groups excluding tert-OH is 2. The van der Waals surface area contributed by atoms with Gasteiger partial charge in [-0.3, -0.25) is 0 Å². The second-order valence-corrected chi connectivity index (χ2v) is 26.1. The van der Waals surface area contributed by atoms with Crippen LogP contribution in [0.2, 0.25) is 51.4 Å². The molecule has 0 aromatic carbocycles. The maximum atomic E-state index is 10.4. The zero-order valence-corrected chi connectivity index (χ0v) is 31.0. The molecule has 8 nitrogen and oxygen atoms in total. The highest BCUT2D eigenvalue weighted by Crippen LogP contribution is 2.26. The first-order chi connectivity index (χ1) is 17.9. The highest BCUT2D eigenvalue weighted by atomic mass is 28.5. The van der Waals surface area contributed by atoms with Crippen molar-refractivity contribution in [3.63, 3.8) is 0 Å². The summed E-state index contributed by atoms with van der Waals surface area (Å²) < 4.78 is 26.8. The molecule has 0 saturated heterocycles. The second-order valence-electron chi connectivity index (χ2n) is 13.7. The maximum absolute atomic E-state index is 10.4. The SMILES string of the molecule is CC[N+](C)(CC)CC(O)COCCC[Si](C)(C)O[Si](C)(C)O[Si](C)(C)CCCOCC(O)C[N+](C)(CC)CC. The number of aliphatic hydroxyl groups is 2. The van der Waals surface area contributed by atoms with Gasteiger partial charge in [-0.15, -0.1) is 0 Å². The average Bonchev–Trinajstić information content (AvgIpc) is 2.81. The maximum Gasteiger partial charge on any atom is 0.311 e. The minimum atomic E-state index is -2.26. The van der Waals surface area contributed by atoms with E-state index in [1.807, 2.05) is 0 Å². The minimum Gasteiger partial charge on any atom is -0.437 e. The molecule has 0 aromatic rings. The van der Waals surface area contributed by atoms with Crippen LogP contribution in [0.15, 0.2) is 0 Å². The molecule has 0 radical (unpaired) electrons. The second kappa shape index (κ2) is 18.1. The first kappa shape index (κ1) is 39.3. The molecule has 0 heterocycles. The molecule has 0 aliphatic carbocycles. The van der Waals surface area contributed by atoms with E-state index in [1.54, 1.807) is 0 Å². The molecule has 0 aromatic heterocycles. The molecule has 0 bridgehead atoms. The van der Waals surface area contributed by atoms with E-state index in [4.69, 9.17) is 17.7 Å². The number of ether oxygens (including phenoxy) is 2. The summed E-state index contributed by atoms with van der Waals surface area (Å²) in [4.78, 5) is 0. The van der Waals surface area contributed by atoms with Gasteiger partial charge in [-0.05, 0) is 91.9 Å². The third-order valence-electron chi connectivity index (χ3n) is 8.16. The standard InChI is InChI=1S/C28H68N2O6Si3/c1-13-29(5,14-2)23-27(31)25-33-19-17-21-37(7,8)35-39(11,12)36-38(9,10)22-18-20-34-26-28(32)24-30(6,15-3)16-4/h27-28,31-32H,13-26H2,1-12H3/q+2. The summed E-state index contributed by atoms with van der Waals surface area (Å²) in [5, 5.41) is 20.7.